The third-order valence-electron chi connectivity index (χ3n) is 2.44. The maximum atomic E-state index is 9.10. The van der Waals surface area contributed by atoms with Crippen LogP contribution in [-0.4, -0.2) is 46.0 Å². The molecule has 0 aliphatic carbocycles. The average Bonchev–Trinajstić information content (AvgIpc) is 2.84. The minimum atomic E-state index is -0.419. The van der Waals surface area contributed by atoms with Crippen LogP contribution in [0, 0.1) is 0 Å². The van der Waals surface area contributed by atoms with Crippen molar-refractivity contribution in [3.8, 4) is 0 Å². The second-order valence-corrected chi connectivity index (χ2v) is 4.67. The molecular formula is C11H16N4O2S. The van der Waals surface area contributed by atoms with Gasteiger partial charge in [0.2, 0.25) is 5.95 Å². The van der Waals surface area contributed by atoms with Crippen molar-refractivity contribution in [2.45, 2.75) is 13.0 Å². The number of fused-ring (bicyclic) bond motifs is 1. The van der Waals surface area contributed by atoms with Gasteiger partial charge in [0.15, 0.2) is 0 Å². The first-order valence-electron chi connectivity index (χ1n) is 5.75. The largest absolute Gasteiger partial charge is 0.394 e. The van der Waals surface area contributed by atoms with Gasteiger partial charge < -0.3 is 20.8 Å². The number of rotatable bonds is 6. The summed E-state index contributed by atoms with van der Waals surface area (Å²) in [6, 6.07) is 1.50. The van der Waals surface area contributed by atoms with Crippen LogP contribution in [0.4, 0.5) is 11.8 Å². The Balaban J connectivity index is 2.36. The van der Waals surface area contributed by atoms with Gasteiger partial charge in [-0.2, -0.15) is 4.98 Å². The molecule has 4 N–H and O–H groups in total. The molecule has 0 aromatic carbocycles. The van der Waals surface area contributed by atoms with Crippen LogP contribution >= 0.6 is 11.3 Å². The lowest BCUT2D eigenvalue weighted by atomic mass is 10.3. The second-order valence-electron chi connectivity index (χ2n) is 3.77. The second kappa shape index (κ2) is 5.94. The maximum Gasteiger partial charge on any atom is 0.226 e. The van der Waals surface area contributed by atoms with E-state index in [1.165, 1.54) is 11.3 Å². The topological polar surface area (TPSA) is 90.3 Å². The van der Waals surface area contributed by atoms with E-state index < -0.39 is 6.04 Å². The van der Waals surface area contributed by atoms with Gasteiger partial charge >= 0.3 is 0 Å². The quantitative estimate of drug-likeness (QED) is 0.622. The summed E-state index contributed by atoms with van der Waals surface area (Å²) < 4.78 is 0. The number of aliphatic hydroxyl groups excluding tert-OH is 2. The SMILES string of the molecule is CCNc1nc(NC(CO)CO)c2ccsc2n1. The molecule has 0 radical (unpaired) electrons. The summed E-state index contributed by atoms with van der Waals surface area (Å²) >= 11 is 1.53. The summed E-state index contributed by atoms with van der Waals surface area (Å²) in [5.74, 6) is 1.18. The van der Waals surface area contributed by atoms with E-state index in [4.69, 9.17) is 10.2 Å². The minimum Gasteiger partial charge on any atom is -0.394 e. The molecule has 2 rings (SSSR count). The monoisotopic (exact) mass is 268 g/mol. The molecular weight excluding hydrogens is 252 g/mol. The number of thiophene rings is 1. The maximum absolute atomic E-state index is 9.10. The zero-order valence-electron chi connectivity index (χ0n) is 10.1. The van der Waals surface area contributed by atoms with Crippen LogP contribution < -0.4 is 10.6 Å². The Morgan fingerprint density at radius 1 is 1.33 bits per heavy atom. The average molecular weight is 268 g/mol. The number of hydrogen-bond acceptors (Lipinski definition) is 7. The summed E-state index contributed by atoms with van der Waals surface area (Å²) in [5, 5.41) is 27.1. The van der Waals surface area contributed by atoms with Crippen LogP contribution in [0.2, 0.25) is 0 Å². The molecule has 0 saturated carbocycles. The first-order chi connectivity index (χ1) is 8.78. The van der Waals surface area contributed by atoms with Gasteiger partial charge in [-0.3, -0.25) is 0 Å². The molecule has 0 aliphatic rings. The van der Waals surface area contributed by atoms with Crippen molar-refractivity contribution < 1.29 is 10.2 Å². The van der Waals surface area contributed by atoms with Gasteiger partial charge in [0.1, 0.15) is 10.6 Å². The zero-order chi connectivity index (χ0) is 13.0. The van der Waals surface area contributed by atoms with E-state index in [2.05, 4.69) is 20.6 Å². The van der Waals surface area contributed by atoms with E-state index >= 15 is 0 Å². The van der Waals surface area contributed by atoms with Crippen molar-refractivity contribution >= 4 is 33.3 Å². The highest BCUT2D eigenvalue weighted by molar-refractivity contribution is 7.16. The Morgan fingerprint density at radius 2 is 2.11 bits per heavy atom. The summed E-state index contributed by atoms with van der Waals surface area (Å²) in [7, 11) is 0. The van der Waals surface area contributed by atoms with Crippen LogP contribution in [0.1, 0.15) is 6.92 Å². The van der Waals surface area contributed by atoms with E-state index in [1.54, 1.807) is 0 Å². The first-order valence-corrected chi connectivity index (χ1v) is 6.63. The van der Waals surface area contributed by atoms with Gasteiger partial charge in [-0.15, -0.1) is 11.3 Å². The minimum absolute atomic E-state index is 0.150. The Kier molecular flexibility index (Phi) is 4.29. The lowest BCUT2D eigenvalue weighted by Gasteiger charge is -2.15. The van der Waals surface area contributed by atoms with Crippen LogP contribution in [0.15, 0.2) is 11.4 Å². The van der Waals surface area contributed by atoms with Crippen molar-refractivity contribution in [3.05, 3.63) is 11.4 Å². The molecule has 0 amide bonds. The molecule has 2 aromatic rings. The molecule has 98 valence electrons. The molecule has 0 saturated heterocycles. The molecule has 0 spiro atoms. The molecule has 7 heteroatoms. The summed E-state index contributed by atoms with van der Waals surface area (Å²) in [5.41, 5.74) is 0. The molecule has 6 nitrogen and oxygen atoms in total. The highest BCUT2D eigenvalue weighted by Gasteiger charge is 2.12. The zero-order valence-corrected chi connectivity index (χ0v) is 10.9. The number of aromatic nitrogens is 2. The normalized spacial score (nSPS) is 11.1. The molecule has 0 aliphatic heterocycles. The van der Waals surface area contributed by atoms with E-state index in [9.17, 15) is 0 Å². The third kappa shape index (κ3) is 2.69. The van der Waals surface area contributed by atoms with Crippen LogP contribution in [0.3, 0.4) is 0 Å². The van der Waals surface area contributed by atoms with Crippen molar-refractivity contribution in [1.29, 1.82) is 0 Å². The van der Waals surface area contributed by atoms with Crippen LogP contribution in [0.5, 0.6) is 0 Å². The van der Waals surface area contributed by atoms with Gasteiger partial charge in [0.05, 0.1) is 24.6 Å². The number of nitrogens with zero attached hydrogens (tertiary/aromatic N) is 2. The van der Waals surface area contributed by atoms with Crippen molar-refractivity contribution in [2.24, 2.45) is 0 Å². The molecule has 0 fully saturated rings. The third-order valence-corrected chi connectivity index (χ3v) is 3.25. The Hall–Kier alpha value is -1.44. The van der Waals surface area contributed by atoms with Gasteiger partial charge in [-0.25, -0.2) is 4.98 Å². The highest BCUT2D eigenvalue weighted by Crippen LogP contribution is 2.26. The molecule has 0 bridgehead atoms. The van der Waals surface area contributed by atoms with Crippen LogP contribution in [0.25, 0.3) is 10.2 Å². The molecule has 18 heavy (non-hydrogen) atoms. The smallest absolute Gasteiger partial charge is 0.226 e. The predicted octanol–water partition coefficient (Wildman–Crippen LogP) is 0.888. The standard InChI is InChI=1S/C11H16N4O2S/c1-2-12-11-14-9(13-7(5-16)6-17)8-3-4-18-10(8)15-11/h3-4,7,16-17H,2,5-6H2,1H3,(H2,12,13,14,15). The Morgan fingerprint density at radius 3 is 2.78 bits per heavy atom. The van der Waals surface area contributed by atoms with E-state index in [0.717, 1.165) is 16.8 Å². The Labute approximate surface area is 109 Å². The van der Waals surface area contributed by atoms with E-state index in [0.29, 0.717) is 11.8 Å². The predicted molar refractivity (Wildman–Crippen MR) is 73.2 cm³/mol. The number of aliphatic hydroxyl groups is 2. The lowest BCUT2D eigenvalue weighted by molar-refractivity contribution is 0.203. The summed E-state index contributed by atoms with van der Waals surface area (Å²) in [4.78, 5) is 9.60. The summed E-state index contributed by atoms with van der Waals surface area (Å²) in [6.45, 7) is 2.41. The number of anilines is 2. The fourth-order valence-electron chi connectivity index (χ4n) is 1.54. The Bertz CT molecular complexity index is 513. The van der Waals surface area contributed by atoms with Gasteiger partial charge in [0.25, 0.3) is 0 Å². The molecule has 0 unspecified atom stereocenters. The van der Waals surface area contributed by atoms with Crippen molar-refractivity contribution in [3.63, 3.8) is 0 Å². The van der Waals surface area contributed by atoms with Gasteiger partial charge in [-0.05, 0) is 18.4 Å². The molecule has 2 aromatic heterocycles. The molecule has 0 atom stereocenters. The van der Waals surface area contributed by atoms with Crippen LogP contribution in [-0.2, 0) is 0 Å². The lowest BCUT2D eigenvalue weighted by Crippen LogP contribution is -2.28. The van der Waals surface area contributed by atoms with E-state index in [-0.39, 0.29) is 13.2 Å². The number of nitrogens with one attached hydrogen (secondary N) is 2. The number of hydrogen-bond donors (Lipinski definition) is 4. The first kappa shape index (κ1) is 13.0. The van der Waals surface area contributed by atoms with E-state index in [1.807, 2.05) is 18.4 Å². The summed E-state index contributed by atoms with van der Waals surface area (Å²) in [6.07, 6.45) is 0. The molecule has 2 heterocycles. The van der Waals surface area contributed by atoms with Crippen molar-refractivity contribution in [1.82, 2.24) is 9.97 Å². The van der Waals surface area contributed by atoms with Gasteiger partial charge in [0, 0.05) is 6.54 Å². The fourth-order valence-corrected chi connectivity index (χ4v) is 2.31. The highest BCUT2D eigenvalue weighted by atomic mass is 32.1. The van der Waals surface area contributed by atoms with Crippen molar-refractivity contribution in [2.75, 3.05) is 30.4 Å². The fraction of sp³-hybridized carbons (Fsp3) is 0.455. The van der Waals surface area contributed by atoms with Gasteiger partial charge in [-0.1, -0.05) is 0 Å².